The lowest BCUT2D eigenvalue weighted by molar-refractivity contribution is -0.134. The van der Waals surface area contributed by atoms with Gasteiger partial charge >= 0.3 is 0 Å². The highest BCUT2D eigenvalue weighted by Gasteiger charge is 2.25. The van der Waals surface area contributed by atoms with Crippen LogP contribution in [0.15, 0.2) is 59.5 Å². The topological polar surface area (TPSA) is 66.9 Å². The SMILES string of the molecule is CC(c1ccccc1)N(C)C(=O)COc1ccc(S(=O)(=O)N2CCCCC2)cc1. The quantitative estimate of drug-likeness (QED) is 0.693. The number of ether oxygens (including phenoxy) is 1. The fraction of sp³-hybridized carbons (Fsp3) is 0.409. The molecular weight excluding hydrogens is 388 g/mol. The van der Waals surface area contributed by atoms with Gasteiger partial charge in [0, 0.05) is 20.1 Å². The molecule has 0 N–H and O–H groups in total. The molecule has 1 atom stereocenters. The molecule has 1 aliphatic rings. The number of hydrogen-bond donors (Lipinski definition) is 0. The van der Waals surface area contributed by atoms with Crippen molar-refractivity contribution in [2.45, 2.75) is 37.1 Å². The van der Waals surface area contributed by atoms with E-state index in [4.69, 9.17) is 4.74 Å². The van der Waals surface area contributed by atoms with Crippen LogP contribution < -0.4 is 4.74 Å². The molecule has 0 saturated carbocycles. The van der Waals surface area contributed by atoms with Gasteiger partial charge < -0.3 is 9.64 Å². The minimum atomic E-state index is -3.46. The van der Waals surface area contributed by atoms with Crippen molar-refractivity contribution in [1.29, 1.82) is 0 Å². The summed E-state index contributed by atoms with van der Waals surface area (Å²) in [5.41, 5.74) is 1.05. The third-order valence-electron chi connectivity index (χ3n) is 5.40. The first-order chi connectivity index (χ1) is 13.9. The van der Waals surface area contributed by atoms with Crippen LogP contribution in [0.25, 0.3) is 0 Å². The van der Waals surface area contributed by atoms with E-state index in [1.54, 1.807) is 36.2 Å². The average molecular weight is 417 g/mol. The number of hydrogen-bond acceptors (Lipinski definition) is 4. The van der Waals surface area contributed by atoms with Crippen LogP contribution in [-0.4, -0.2) is 50.3 Å². The molecule has 7 heteroatoms. The van der Waals surface area contributed by atoms with Crippen molar-refractivity contribution < 1.29 is 17.9 Å². The van der Waals surface area contributed by atoms with Crippen molar-refractivity contribution in [2.24, 2.45) is 0 Å². The highest BCUT2D eigenvalue weighted by Crippen LogP contribution is 2.23. The fourth-order valence-electron chi connectivity index (χ4n) is 3.38. The van der Waals surface area contributed by atoms with Crippen LogP contribution in [0.5, 0.6) is 5.75 Å². The van der Waals surface area contributed by atoms with Crippen LogP contribution >= 0.6 is 0 Å². The Morgan fingerprint density at radius 3 is 2.28 bits per heavy atom. The molecule has 1 aliphatic heterocycles. The number of benzene rings is 2. The zero-order chi connectivity index (χ0) is 20.9. The zero-order valence-electron chi connectivity index (χ0n) is 17.0. The number of nitrogens with zero attached hydrogens (tertiary/aromatic N) is 2. The predicted octanol–water partition coefficient (Wildman–Crippen LogP) is 3.46. The number of piperidine rings is 1. The lowest BCUT2D eigenvalue weighted by Crippen LogP contribution is -2.35. The van der Waals surface area contributed by atoms with Crippen LogP contribution in [0.3, 0.4) is 0 Å². The minimum absolute atomic E-state index is 0.0654. The van der Waals surface area contributed by atoms with E-state index in [-0.39, 0.29) is 23.5 Å². The Bertz CT molecular complexity index is 908. The monoisotopic (exact) mass is 416 g/mol. The summed E-state index contributed by atoms with van der Waals surface area (Å²) in [7, 11) is -1.72. The van der Waals surface area contributed by atoms with Gasteiger partial charge in [-0.05, 0) is 49.6 Å². The van der Waals surface area contributed by atoms with E-state index in [0.29, 0.717) is 18.8 Å². The van der Waals surface area contributed by atoms with Gasteiger partial charge in [0.05, 0.1) is 10.9 Å². The number of sulfonamides is 1. The third kappa shape index (κ3) is 5.16. The third-order valence-corrected chi connectivity index (χ3v) is 7.31. The second-order valence-corrected chi connectivity index (χ2v) is 9.25. The van der Waals surface area contributed by atoms with Gasteiger partial charge in [-0.15, -0.1) is 0 Å². The van der Waals surface area contributed by atoms with Crippen LogP contribution in [0, 0.1) is 0 Å². The van der Waals surface area contributed by atoms with Crippen molar-refractivity contribution in [3.05, 3.63) is 60.2 Å². The van der Waals surface area contributed by atoms with E-state index < -0.39 is 10.0 Å². The van der Waals surface area contributed by atoms with Crippen LogP contribution in [0.2, 0.25) is 0 Å². The highest BCUT2D eigenvalue weighted by molar-refractivity contribution is 7.89. The summed E-state index contributed by atoms with van der Waals surface area (Å²) in [6.45, 7) is 3.00. The molecule has 0 spiro atoms. The summed E-state index contributed by atoms with van der Waals surface area (Å²) in [6.07, 6.45) is 2.87. The number of likely N-dealkylation sites (N-methyl/N-ethyl adjacent to an activating group) is 1. The van der Waals surface area contributed by atoms with Crippen molar-refractivity contribution in [3.8, 4) is 5.75 Å². The normalized spacial score (nSPS) is 16.2. The van der Waals surface area contributed by atoms with Crippen molar-refractivity contribution in [1.82, 2.24) is 9.21 Å². The number of rotatable bonds is 7. The first kappa shape index (κ1) is 21.3. The summed E-state index contributed by atoms with van der Waals surface area (Å²) in [5.74, 6) is 0.322. The first-order valence-electron chi connectivity index (χ1n) is 9.93. The zero-order valence-corrected chi connectivity index (χ0v) is 17.8. The molecule has 0 bridgehead atoms. The van der Waals surface area contributed by atoms with Gasteiger partial charge in [0.15, 0.2) is 6.61 Å². The van der Waals surface area contributed by atoms with Gasteiger partial charge in [-0.3, -0.25) is 4.79 Å². The van der Waals surface area contributed by atoms with Gasteiger partial charge in [0.2, 0.25) is 10.0 Å². The number of amides is 1. The molecule has 2 aromatic rings. The van der Waals surface area contributed by atoms with E-state index in [9.17, 15) is 13.2 Å². The molecule has 1 fully saturated rings. The van der Waals surface area contributed by atoms with Crippen molar-refractivity contribution in [2.75, 3.05) is 26.7 Å². The summed E-state index contributed by atoms with van der Waals surface area (Å²) < 4.78 is 32.5. The number of carbonyl (C=O) groups is 1. The summed E-state index contributed by atoms with van der Waals surface area (Å²) in [4.78, 5) is 14.4. The molecular formula is C22H28N2O4S. The van der Waals surface area contributed by atoms with Gasteiger partial charge in [-0.1, -0.05) is 36.8 Å². The molecule has 1 heterocycles. The molecule has 156 valence electrons. The molecule has 1 unspecified atom stereocenters. The number of carbonyl (C=O) groups excluding carboxylic acids is 1. The Morgan fingerprint density at radius 2 is 1.66 bits per heavy atom. The Labute approximate surface area is 173 Å². The minimum Gasteiger partial charge on any atom is -0.484 e. The summed E-state index contributed by atoms with van der Waals surface area (Å²) >= 11 is 0. The van der Waals surface area contributed by atoms with Gasteiger partial charge in [0.1, 0.15) is 5.75 Å². The largest absolute Gasteiger partial charge is 0.484 e. The van der Waals surface area contributed by atoms with Crippen LogP contribution in [0.1, 0.15) is 37.8 Å². The van der Waals surface area contributed by atoms with Gasteiger partial charge in [-0.2, -0.15) is 4.31 Å². The van der Waals surface area contributed by atoms with E-state index >= 15 is 0 Å². The van der Waals surface area contributed by atoms with Crippen LogP contribution in [0.4, 0.5) is 0 Å². The Kier molecular flexibility index (Phi) is 6.92. The van der Waals surface area contributed by atoms with Crippen molar-refractivity contribution >= 4 is 15.9 Å². The average Bonchev–Trinajstić information content (AvgIpc) is 2.78. The molecule has 3 rings (SSSR count). The summed E-state index contributed by atoms with van der Waals surface area (Å²) in [6, 6.07) is 16.0. The van der Waals surface area contributed by atoms with E-state index in [2.05, 4.69) is 0 Å². The maximum Gasteiger partial charge on any atom is 0.260 e. The van der Waals surface area contributed by atoms with E-state index in [1.165, 1.54) is 4.31 Å². The smallest absolute Gasteiger partial charge is 0.260 e. The van der Waals surface area contributed by atoms with Gasteiger partial charge in [0.25, 0.3) is 5.91 Å². The van der Waals surface area contributed by atoms with Gasteiger partial charge in [-0.25, -0.2) is 8.42 Å². The van der Waals surface area contributed by atoms with Crippen molar-refractivity contribution in [3.63, 3.8) is 0 Å². The Hall–Kier alpha value is -2.38. The molecule has 1 amide bonds. The molecule has 1 saturated heterocycles. The molecule has 0 aliphatic carbocycles. The second kappa shape index (κ2) is 9.41. The molecule has 0 aromatic heterocycles. The molecule has 0 radical (unpaired) electrons. The molecule has 29 heavy (non-hydrogen) atoms. The Morgan fingerprint density at radius 1 is 1.03 bits per heavy atom. The van der Waals surface area contributed by atoms with Crippen LogP contribution in [-0.2, 0) is 14.8 Å². The van der Waals surface area contributed by atoms with E-state index in [1.807, 2.05) is 37.3 Å². The predicted molar refractivity (Wildman–Crippen MR) is 112 cm³/mol. The molecule has 6 nitrogen and oxygen atoms in total. The summed E-state index contributed by atoms with van der Waals surface area (Å²) in [5, 5.41) is 0. The fourth-order valence-corrected chi connectivity index (χ4v) is 4.90. The maximum atomic E-state index is 12.7. The highest BCUT2D eigenvalue weighted by atomic mass is 32.2. The first-order valence-corrected chi connectivity index (χ1v) is 11.4. The lowest BCUT2D eigenvalue weighted by atomic mass is 10.1. The molecule has 2 aromatic carbocycles. The maximum absolute atomic E-state index is 12.7. The standard InChI is InChI=1S/C22H28N2O4S/c1-18(19-9-5-3-6-10-19)23(2)22(25)17-28-20-11-13-21(14-12-20)29(26,27)24-15-7-4-8-16-24/h3,5-6,9-14,18H,4,7-8,15-17H2,1-2H3. The second-order valence-electron chi connectivity index (χ2n) is 7.32. The lowest BCUT2D eigenvalue weighted by Gasteiger charge is -2.26. The Balaban J connectivity index is 1.58. The van der Waals surface area contributed by atoms with E-state index in [0.717, 1.165) is 24.8 Å².